The van der Waals surface area contributed by atoms with E-state index >= 15 is 0 Å². The van der Waals surface area contributed by atoms with Crippen LogP contribution in [0.3, 0.4) is 0 Å². The highest BCUT2D eigenvalue weighted by Gasteiger charge is 2.15. The predicted molar refractivity (Wildman–Crippen MR) is 116 cm³/mol. The van der Waals surface area contributed by atoms with Crippen LogP contribution in [0.25, 0.3) is 10.9 Å². The summed E-state index contributed by atoms with van der Waals surface area (Å²) in [5.41, 5.74) is 2.61. The van der Waals surface area contributed by atoms with Gasteiger partial charge in [-0.1, -0.05) is 49.4 Å². The SMILES string of the molecule is CCCc1ccc(NC(=O)CSc2nc3ccccc3c(=O)n2C(C)C)cc1. The second kappa shape index (κ2) is 9.06. The molecule has 1 aromatic heterocycles. The minimum absolute atomic E-state index is 0.0405. The van der Waals surface area contributed by atoms with E-state index in [4.69, 9.17) is 0 Å². The van der Waals surface area contributed by atoms with Crippen molar-refractivity contribution >= 4 is 34.3 Å². The highest BCUT2D eigenvalue weighted by Crippen LogP contribution is 2.21. The van der Waals surface area contributed by atoms with Crippen molar-refractivity contribution in [3.8, 4) is 0 Å². The lowest BCUT2D eigenvalue weighted by molar-refractivity contribution is -0.113. The number of nitrogens with zero attached hydrogens (tertiary/aromatic N) is 2. The van der Waals surface area contributed by atoms with E-state index in [9.17, 15) is 9.59 Å². The normalized spacial score (nSPS) is 11.1. The van der Waals surface area contributed by atoms with E-state index in [0.29, 0.717) is 16.1 Å². The molecule has 0 fully saturated rings. The van der Waals surface area contributed by atoms with Crippen molar-refractivity contribution < 1.29 is 4.79 Å². The van der Waals surface area contributed by atoms with Crippen molar-refractivity contribution in [1.29, 1.82) is 0 Å². The van der Waals surface area contributed by atoms with Gasteiger partial charge in [-0.2, -0.15) is 0 Å². The van der Waals surface area contributed by atoms with Crippen LogP contribution < -0.4 is 10.9 Å². The van der Waals surface area contributed by atoms with E-state index in [1.165, 1.54) is 17.3 Å². The van der Waals surface area contributed by atoms with E-state index in [1.807, 2.05) is 56.3 Å². The van der Waals surface area contributed by atoms with Crippen LogP contribution in [-0.2, 0) is 11.2 Å². The highest BCUT2D eigenvalue weighted by atomic mass is 32.2. The summed E-state index contributed by atoms with van der Waals surface area (Å²) in [5, 5.41) is 4.06. The Balaban J connectivity index is 1.74. The average Bonchev–Trinajstić information content (AvgIpc) is 2.68. The molecule has 0 aliphatic carbocycles. The fourth-order valence-corrected chi connectivity index (χ4v) is 3.98. The van der Waals surface area contributed by atoms with Gasteiger partial charge < -0.3 is 5.32 Å². The molecular weight excluding hydrogens is 370 g/mol. The van der Waals surface area contributed by atoms with Gasteiger partial charge in [-0.05, 0) is 50.1 Å². The largest absolute Gasteiger partial charge is 0.325 e. The molecule has 1 heterocycles. The number of carbonyl (C=O) groups is 1. The minimum atomic E-state index is -0.119. The molecule has 1 amide bonds. The van der Waals surface area contributed by atoms with Gasteiger partial charge in [0.15, 0.2) is 5.16 Å². The first-order valence-electron chi connectivity index (χ1n) is 9.52. The van der Waals surface area contributed by atoms with Crippen molar-refractivity contribution in [1.82, 2.24) is 9.55 Å². The Hall–Kier alpha value is -2.60. The Kier molecular flexibility index (Phi) is 6.52. The molecule has 3 rings (SSSR count). The maximum absolute atomic E-state index is 12.8. The number of thioether (sulfide) groups is 1. The van der Waals surface area contributed by atoms with E-state index in [-0.39, 0.29) is 23.3 Å². The number of anilines is 1. The predicted octanol–water partition coefficient (Wildman–Crippen LogP) is 4.66. The van der Waals surface area contributed by atoms with Crippen LogP contribution in [0.5, 0.6) is 0 Å². The van der Waals surface area contributed by atoms with Crippen LogP contribution in [0.15, 0.2) is 58.5 Å². The molecular formula is C22H25N3O2S. The second-order valence-corrected chi connectivity index (χ2v) is 7.91. The van der Waals surface area contributed by atoms with Gasteiger partial charge in [0, 0.05) is 11.7 Å². The van der Waals surface area contributed by atoms with Gasteiger partial charge in [-0.25, -0.2) is 4.98 Å². The monoisotopic (exact) mass is 395 g/mol. The average molecular weight is 396 g/mol. The maximum atomic E-state index is 12.8. The molecule has 2 aromatic carbocycles. The quantitative estimate of drug-likeness (QED) is 0.467. The molecule has 0 saturated carbocycles. The van der Waals surface area contributed by atoms with Crippen LogP contribution >= 0.6 is 11.8 Å². The third-order valence-electron chi connectivity index (χ3n) is 4.40. The summed E-state index contributed by atoms with van der Waals surface area (Å²) in [5.74, 6) is 0.0692. The Morgan fingerprint density at radius 3 is 2.54 bits per heavy atom. The summed E-state index contributed by atoms with van der Waals surface area (Å²) >= 11 is 1.28. The number of carbonyl (C=O) groups excluding carboxylic acids is 1. The molecule has 1 N–H and O–H groups in total. The molecule has 28 heavy (non-hydrogen) atoms. The minimum Gasteiger partial charge on any atom is -0.325 e. The fraction of sp³-hybridized carbons (Fsp3) is 0.318. The van der Waals surface area contributed by atoms with Gasteiger partial charge in [0.25, 0.3) is 5.56 Å². The van der Waals surface area contributed by atoms with Gasteiger partial charge in [0.1, 0.15) is 0 Å². The summed E-state index contributed by atoms with van der Waals surface area (Å²) in [7, 11) is 0. The van der Waals surface area contributed by atoms with Gasteiger partial charge in [-0.15, -0.1) is 0 Å². The van der Waals surface area contributed by atoms with E-state index in [0.717, 1.165) is 18.5 Å². The summed E-state index contributed by atoms with van der Waals surface area (Å²) in [4.78, 5) is 29.8. The fourth-order valence-electron chi connectivity index (χ4n) is 3.05. The van der Waals surface area contributed by atoms with Gasteiger partial charge in [0.2, 0.25) is 5.91 Å². The van der Waals surface area contributed by atoms with Crippen LogP contribution in [0.2, 0.25) is 0 Å². The van der Waals surface area contributed by atoms with Crippen molar-refractivity contribution in [2.45, 2.75) is 44.8 Å². The zero-order valence-electron chi connectivity index (χ0n) is 16.4. The summed E-state index contributed by atoms with van der Waals surface area (Å²) in [6.07, 6.45) is 2.13. The lowest BCUT2D eigenvalue weighted by Gasteiger charge is -2.16. The number of aryl methyl sites for hydroxylation is 1. The first kappa shape index (κ1) is 20.1. The Bertz CT molecular complexity index is 1030. The van der Waals surface area contributed by atoms with E-state index < -0.39 is 0 Å². The molecule has 5 nitrogen and oxygen atoms in total. The number of rotatable bonds is 7. The Morgan fingerprint density at radius 2 is 1.86 bits per heavy atom. The molecule has 3 aromatic rings. The summed E-state index contributed by atoms with van der Waals surface area (Å²) in [6, 6.07) is 15.2. The summed E-state index contributed by atoms with van der Waals surface area (Å²) < 4.78 is 1.65. The van der Waals surface area contributed by atoms with E-state index in [1.54, 1.807) is 10.6 Å². The Morgan fingerprint density at radius 1 is 1.14 bits per heavy atom. The maximum Gasteiger partial charge on any atom is 0.262 e. The number of benzene rings is 2. The molecule has 0 saturated heterocycles. The van der Waals surface area contributed by atoms with Gasteiger partial charge >= 0.3 is 0 Å². The third kappa shape index (κ3) is 4.62. The molecule has 0 aliphatic rings. The van der Waals surface area contributed by atoms with Crippen LogP contribution in [0.1, 0.15) is 38.8 Å². The second-order valence-electron chi connectivity index (χ2n) is 6.96. The van der Waals surface area contributed by atoms with E-state index in [2.05, 4.69) is 17.2 Å². The first-order chi connectivity index (χ1) is 13.5. The number of hydrogen-bond donors (Lipinski definition) is 1. The summed E-state index contributed by atoms with van der Waals surface area (Å²) in [6.45, 7) is 6.03. The van der Waals surface area contributed by atoms with Crippen molar-refractivity contribution in [2.75, 3.05) is 11.1 Å². The molecule has 0 unspecified atom stereocenters. The molecule has 0 bridgehead atoms. The highest BCUT2D eigenvalue weighted by molar-refractivity contribution is 7.99. The zero-order valence-corrected chi connectivity index (χ0v) is 17.3. The molecule has 6 heteroatoms. The third-order valence-corrected chi connectivity index (χ3v) is 5.35. The number of para-hydroxylation sites is 1. The molecule has 146 valence electrons. The van der Waals surface area contributed by atoms with Crippen LogP contribution in [0.4, 0.5) is 5.69 Å². The van der Waals surface area contributed by atoms with Gasteiger partial charge in [-0.3, -0.25) is 14.2 Å². The zero-order chi connectivity index (χ0) is 20.1. The number of nitrogens with one attached hydrogen (secondary N) is 1. The number of fused-ring (bicyclic) bond motifs is 1. The molecule has 0 aliphatic heterocycles. The topological polar surface area (TPSA) is 64.0 Å². The lowest BCUT2D eigenvalue weighted by Crippen LogP contribution is -2.25. The number of aromatic nitrogens is 2. The van der Waals surface area contributed by atoms with Gasteiger partial charge in [0.05, 0.1) is 16.7 Å². The van der Waals surface area contributed by atoms with Crippen LogP contribution in [-0.4, -0.2) is 21.2 Å². The smallest absolute Gasteiger partial charge is 0.262 e. The van der Waals surface area contributed by atoms with Crippen LogP contribution in [0, 0.1) is 0 Å². The number of amides is 1. The van der Waals surface area contributed by atoms with Crippen molar-refractivity contribution in [3.63, 3.8) is 0 Å². The van der Waals surface area contributed by atoms with Crippen molar-refractivity contribution in [2.24, 2.45) is 0 Å². The lowest BCUT2D eigenvalue weighted by atomic mass is 10.1. The Labute approximate surface area is 169 Å². The van der Waals surface area contributed by atoms with Crippen molar-refractivity contribution in [3.05, 3.63) is 64.4 Å². The number of hydrogen-bond acceptors (Lipinski definition) is 4. The molecule has 0 radical (unpaired) electrons. The standard InChI is InChI=1S/C22H25N3O2S/c1-4-7-16-10-12-17(13-11-16)23-20(26)14-28-22-24-19-9-6-5-8-18(19)21(27)25(22)15(2)3/h5-6,8-13,15H,4,7,14H2,1-3H3,(H,23,26). The first-order valence-corrected chi connectivity index (χ1v) is 10.5. The molecule has 0 atom stereocenters. The molecule has 0 spiro atoms.